The molecule has 4 aromatic rings. The van der Waals surface area contributed by atoms with E-state index >= 15 is 0 Å². The van der Waals surface area contributed by atoms with Gasteiger partial charge in [0.05, 0.1) is 17.8 Å². The van der Waals surface area contributed by atoms with Gasteiger partial charge < -0.3 is 4.74 Å². The summed E-state index contributed by atoms with van der Waals surface area (Å²) in [5.74, 6) is 1.64. The number of hydrogen-bond acceptors (Lipinski definition) is 5. The first-order valence-corrected chi connectivity index (χ1v) is 14.8. The van der Waals surface area contributed by atoms with Gasteiger partial charge in [-0.1, -0.05) is 70.0 Å². The molecule has 0 saturated heterocycles. The number of halogens is 3. The van der Waals surface area contributed by atoms with E-state index in [-0.39, 0.29) is 10.8 Å². The van der Waals surface area contributed by atoms with Gasteiger partial charge in [-0.15, -0.1) is 0 Å². The molecule has 1 atom stereocenters. The monoisotopic (exact) mass is 626 g/mol. The number of hydrogen-bond donors (Lipinski definition) is 1. The largest absolute Gasteiger partial charge is 0.497 e. The molecule has 1 fully saturated rings. The van der Waals surface area contributed by atoms with Gasteiger partial charge in [-0.3, -0.25) is 9.99 Å². The summed E-state index contributed by atoms with van der Waals surface area (Å²) in [6.07, 6.45) is 3.01. The van der Waals surface area contributed by atoms with E-state index in [1.807, 2.05) is 36.4 Å². The number of nitrogens with zero attached hydrogens (tertiary/aromatic N) is 3. The van der Waals surface area contributed by atoms with Crippen molar-refractivity contribution in [3.63, 3.8) is 0 Å². The molecule has 3 aromatic carbocycles. The molecule has 1 saturated carbocycles. The lowest BCUT2D eigenvalue weighted by atomic mass is 9.96. The normalized spacial score (nSPS) is 17.7. The fourth-order valence-corrected chi connectivity index (χ4v) is 7.12. The van der Waals surface area contributed by atoms with Gasteiger partial charge in [-0.25, -0.2) is 4.98 Å². The Hall–Kier alpha value is -2.45. The zero-order valence-electron chi connectivity index (χ0n) is 20.8. The van der Waals surface area contributed by atoms with Crippen molar-refractivity contribution >= 4 is 55.9 Å². The predicted molar refractivity (Wildman–Crippen MR) is 161 cm³/mol. The Morgan fingerprint density at radius 3 is 2.45 bits per heavy atom. The highest BCUT2D eigenvalue weighted by Crippen LogP contribution is 2.55. The second-order valence-electron chi connectivity index (χ2n) is 9.45. The molecule has 38 heavy (non-hydrogen) atoms. The summed E-state index contributed by atoms with van der Waals surface area (Å²) in [5, 5.41) is 7.00. The van der Waals surface area contributed by atoms with Crippen LogP contribution in [0.2, 0.25) is 10.0 Å². The lowest BCUT2D eigenvalue weighted by Gasteiger charge is -2.22. The number of imidazole rings is 1. The molecule has 6 rings (SSSR count). The number of aromatic nitrogens is 2. The molecule has 5 nitrogen and oxygen atoms in total. The Kier molecular flexibility index (Phi) is 6.97. The molecule has 194 valence electrons. The van der Waals surface area contributed by atoms with Crippen LogP contribution in [0.1, 0.15) is 36.7 Å². The van der Waals surface area contributed by atoms with Crippen LogP contribution in [0.5, 0.6) is 5.75 Å². The molecule has 0 radical (unpaired) electrons. The van der Waals surface area contributed by atoms with Crippen molar-refractivity contribution in [3.8, 4) is 22.8 Å². The standard InChI is InChI=1S/C29H25BrCl2N4OS/c1-3-24-25(27-34-35-28(38-27)29(14-15-29)17-4-11-21(37-2)12-5-17)33-26(22-13-8-19(31)16-23(22)32)36(24)20-9-6-18(30)7-10-20/h4-13,16,28,35H,3,14-15H2,1-2H3. The molecule has 1 aromatic heterocycles. The SMILES string of the molecule is CCc1c(C2=NNC(C3(c4ccc(OC)cc4)CC3)S2)nc(-c2ccc(Cl)cc2Cl)n1-c1ccc(Br)cc1. The highest BCUT2D eigenvalue weighted by Gasteiger charge is 2.53. The maximum absolute atomic E-state index is 6.69. The van der Waals surface area contributed by atoms with Gasteiger partial charge >= 0.3 is 0 Å². The van der Waals surface area contributed by atoms with Crippen molar-refractivity contribution < 1.29 is 4.74 Å². The first-order chi connectivity index (χ1) is 18.4. The summed E-state index contributed by atoms with van der Waals surface area (Å²) in [5.41, 5.74) is 8.59. The highest BCUT2D eigenvalue weighted by atomic mass is 79.9. The second-order valence-corrected chi connectivity index (χ2v) is 12.3. The van der Waals surface area contributed by atoms with Crippen LogP contribution in [0.25, 0.3) is 17.1 Å². The van der Waals surface area contributed by atoms with Crippen molar-refractivity contribution in [1.82, 2.24) is 15.0 Å². The quantitative estimate of drug-likeness (QED) is 0.224. The van der Waals surface area contributed by atoms with E-state index in [0.717, 1.165) is 63.0 Å². The number of thioether (sulfide) groups is 1. The maximum Gasteiger partial charge on any atom is 0.147 e. The minimum atomic E-state index is 0.0468. The summed E-state index contributed by atoms with van der Waals surface area (Å²) in [6.45, 7) is 2.15. The summed E-state index contributed by atoms with van der Waals surface area (Å²) < 4.78 is 8.56. The van der Waals surface area contributed by atoms with Crippen LogP contribution in [0.3, 0.4) is 0 Å². The molecule has 1 unspecified atom stereocenters. The average Bonchev–Trinajstić information content (AvgIpc) is 3.42. The predicted octanol–water partition coefficient (Wildman–Crippen LogP) is 8.24. The molecule has 0 spiro atoms. The Bertz CT molecular complexity index is 1530. The fraction of sp³-hybridized carbons (Fsp3) is 0.241. The summed E-state index contributed by atoms with van der Waals surface area (Å²) in [6, 6.07) is 22.2. The number of nitrogens with one attached hydrogen (secondary N) is 1. The first kappa shape index (κ1) is 25.8. The fourth-order valence-electron chi connectivity index (χ4n) is 5.06. The van der Waals surface area contributed by atoms with Crippen LogP contribution in [0.4, 0.5) is 0 Å². The molecular formula is C29H25BrCl2N4OS. The topological polar surface area (TPSA) is 51.4 Å². The number of hydrazone groups is 1. The van der Waals surface area contributed by atoms with Crippen LogP contribution < -0.4 is 10.2 Å². The summed E-state index contributed by atoms with van der Waals surface area (Å²) >= 11 is 18.2. The van der Waals surface area contributed by atoms with Crippen LogP contribution in [-0.4, -0.2) is 27.1 Å². The van der Waals surface area contributed by atoms with E-state index in [2.05, 4.69) is 57.1 Å². The minimum absolute atomic E-state index is 0.0468. The summed E-state index contributed by atoms with van der Waals surface area (Å²) in [7, 11) is 1.70. The van der Waals surface area contributed by atoms with E-state index in [0.29, 0.717) is 10.0 Å². The van der Waals surface area contributed by atoms with E-state index in [9.17, 15) is 0 Å². The highest BCUT2D eigenvalue weighted by molar-refractivity contribution is 9.10. The molecule has 0 amide bonds. The molecular weight excluding hydrogens is 603 g/mol. The lowest BCUT2D eigenvalue weighted by molar-refractivity contribution is 0.414. The number of methoxy groups -OCH3 is 1. The molecule has 1 N–H and O–H groups in total. The first-order valence-electron chi connectivity index (χ1n) is 12.4. The third kappa shape index (κ3) is 4.53. The van der Waals surface area contributed by atoms with Gasteiger partial charge in [-0.2, -0.15) is 5.10 Å². The summed E-state index contributed by atoms with van der Waals surface area (Å²) in [4.78, 5) is 5.17. The van der Waals surface area contributed by atoms with E-state index in [1.165, 1.54) is 5.56 Å². The van der Waals surface area contributed by atoms with Crippen LogP contribution in [-0.2, 0) is 11.8 Å². The van der Waals surface area contributed by atoms with Gasteiger partial charge in [0.2, 0.25) is 0 Å². The van der Waals surface area contributed by atoms with Gasteiger partial charge in [0.15, 0.2) is 0 Å². The Morgan fingerprint density at radius 2 is 1.82 bits per heavy atom. The molecule has 9 heteroatoms. The zero-order chi connectivity index (χ0) is 26.4. The van der Waals surface area contributed by atoms with Gasteiger partial charge in [-0.05, 0) is 79.4 Å². The smallest absolute Gasteiger partial charge is 0.147 e. The van der Waals surface area contributed by atoms with Gasteiger partial charge in [0, 0.05) is 26.2 Å². The van der Waals surface area contributed by atoms with Crippen molar-refractivity contribution in [2.24, 2.45) is 5.10 Å². The Labute approximate surface area is 244 Å². The molecule has 1 aliphatic carbocycles. The van der Waals surface area contributed by atoms with Crippen molar-refractivity contribution in [2.75, 3.05) is 7.11 Å². The van der Waals surface area contributed by atoms with Gasteiger partial charge in [0.1, 0.15) is 27.7 Å². The zero-order valence-corrected chi connectivity index (χ0v) is 24.8. The Balaban J connectivity index is 1.40. The molecule has 2 heterocycles. The van der Waals surface area contributed by atoms with Crippen LogP contribution in [0, 0.1) is 0 Å². The number of rotatable bonds is 7. The van der Waals surface area contributed by atoms with E-state index in [4.69, 9.17) is 38.0 Å². The van der Waals surface area contributed by atoms with Crippen molar-refractivity contribution in [2.45, 2.75) is 37.0 Å². The Morgan fingerprint density at radius 1 is 1.08 bits per heavy atom. The van der Waals surface area contributed by atoms with E-state index in [1.54, 1.807) is 24.9 Å². The van der Waals surface area contributed by atoms with E-state index < -0.39 is 0 Å². The number of ether oxygens (including phenoxy) is 1. The third-order valence-electron chi connectivity index (χ3n) is 7.24. The third-order valence-corrected chi connectivity index (χ3v) is 9.61. The van der Waals surface area contributed by atoms with Crippen molar-refractivity contribution in [1.29, 1.82) is 0 Å². The maximum atomic E-state index is 6.69. The number of benzene rings is 3. The minimum Gasteiger partial charge on any atom is -0.497 e. The molecule has 1 aliphatic heterocycles. The second kappa shape index (κ2) is 10.3. The molecule has 0 bridgehead atoms. The van der Waals surface area contributed by atoms with Crippen molar-refractivity contribution in [3.05, 3.63) is 98.2 Å². The van der Waals surface area contributed by atoms with Crippen LogP contribution >= 0.6 is 50.9 Å². The lowest BCUT2D eigenvalue weighted by Crippen LogP contribution is -2.31. The average molecular weight is 628 g/mol. The van der Waals surface area contributed by atoms with Gasteiger partial charge in [0.25, 0.3) is 0 Å². The molecule has 2 aliphatic rings. The van der Waals surface area contributed by atoms with Crippen LogP contribution in [0.15, 0.2) is 76.3 Å².